The number of hydrogen-bond donors (Lipinski definition) is 2. The van der Waals surface area contributed by atoms with Crippen LogP contribution in [0.4, 0.5) is 0 Å². The summed E-state index contributed by atoms with van der Waals surface area (Å²) in [4.78, 5) is 16.5. The largest absolute Gasteiger partial charge is 0.352 e. The predicted octanol–water partition coefficient (Wildman–Crippen LogP) is 1.85. The van der Waals surface area contributed by atoms with Gasteiger partial charge in [-0.05, 0) is 31.0 Å². The first-order chi connectivity index (χ1) is 9.84. The normalized spacial score (nSPS) is 18.9. The molecule has 4 heteroatoms. The fourth-order valence-corrected chi connectivity index (χ4v) is 2.71. The Morgan fingerprint density at radius 1 is 1.35 bits per heavy atom. The van der Waals surface area contributed by atoms with Crippen molar-refractivity contribution < 1.29 is 4.79 Å². The minimum Gasteiger partial charge on any atom is -0.352 e. The number of rotatable bonds is 3. The molecule has 2 heterocycles. The molecule has 0 radical (unpaired) electrons. The number of carbonyl (C=O) groups excluding carboxylic acids is 1. The summed E-state index contributed by atoms with van der Waals surface area (Å²) in [6, 6.07) is 10.0. The highest BCUT2D eigenvalue weighted by molar-refractivity contribution is 5.83. The van der Waals surface area contributed by atoms with E-state index in [0.717, 1.165) is 42.4 Å². The van der Waals surface area contributed by atoms with Crippen molar-refractivity contribution in [2.75, 3.05) is 13.1 Å². The molecule has 0 spiro atoms. The quantitative estimate of drug-likeness (QED) is 0.894. The highest BCUT2D eigenvalue weighted by Gasteiger charge is 2.20. The van der Waals surface area contributed by atoms with E-state index in [-0.39, 0.29) is 11.8 Å². The lowest BCUT2D eigenvalue weighted by Crippen LogP contribution is -2.40. The van der Waals surface area contributed by atoms with Crippen molar-refractivity contribution in [2.45, 2.75) is 19.4 Å². The Kier molecular flexibility index (Phi) is 3.92. The number of nitrogens with zero attached hydrogens (tertiary/aromatic N) is 1. The second-order valence-electron chi connectivity index (χ2n) is 5.25. The van der Waals surface area contributed by atoms with Gasteiger partial charge >= 0.3 is 0 Å². The highest BCUT2D eigenvalue weighted by Crippen LogP contribution is 2.16. The van der Waals surface area contributed by atoms with E-state index in [1.807, 2.05) is 30.3 Å². The van der Waals surface area contributed by atoms with Crippen LogP contribution in [0, 0.1) is 5.92 Å². The first-order valence-electron chi connectivity index (χ1n) is 7.15. The van der Waals surface area contributed by atoms with Gasteiger partial charge in [0.2, 0.25) is 5.91 Å². The molecule has 1 amide bonds. The SMILES string of the molecule is O=C(NCc1cccc2cccnc12)C1CCCNC1. The van der Waals surface area contributed by atoms with Gasteiger partial charge in [0.25, 0.3) is 0 Å². The zero-order chi connectivity index (χ0) is 13.8. The van der Waals surface area contributed by atoms with E-state index >= 15 is 0 Å². The molecule has 4 nitrogen and oxygen atoms in total. The van der Waals surface area contributed by atoms with Crippen molar-refractivity contribution in [2.24, 2.45) is 5.92 Å². The van der Waals surface area contributed by atoms with Gasteiger partial charge in [0, 0.05) is 24.7 Å². The van der Waals surface area contributed by atoms with Gasteiger partial charge in [0.1, 0.15) is 0 Å². The number of fused-ring (bicyclic) bond motifs is 1. The lowest BCUT2D eigenvalue weighted by molar-refractivity contribution is -0.125. The van der Waals surface area contributed by atoms with E-state index < -0.39 is 0 Å². The molecule has 1 fully saturated rings. The minimum atomic E-state index is 0.103. The van der Waals surface area contributed by atoms with E-state index in [1.165, 1.54) is 0 Å². The molecule has 1 aliphatic heterocycles. The number of pyridine rings is 1. The summed E-state index contributed by atoms with van der Waals surface area (Å²) in [6.45, 7) is 2.36. The van der Waals surface area contributed by atoms with Gasteiger partial charge in [-0.15, -0.1) is 0 Å². The number of aromatic nitrogens is 1. The molecule has 1 atom stereocenters. The van der Waals surface area contributed by atoms with Gasteiger partial charge in [-0.3, -0.25) is 9.78 Å². The maximum Gasteiger partial charge on any atom is 0.224 e. The number of piperidine rings is 1. The molecule has 0 bridgehead atoms. The molecular weight excluding hydrogens is 250 g/mol. The average molecular weight is 269 g/mol. The number of nitrogens with one attached hydrogen (secondary N) is 2. The van der Waals surface area contributed by atoms with Crippen LogP contribution in [0.5, 0.6) is 0 Å². The minimum absolute atomic E-state index is 0.103. The smallest absolute Gasteiger partial charge is 0.224 e. The molecule has 1 aliphatic rings. The molecule has 2 N–H and O–H groups in total. The van der Waals surface area contributed by atoms with Gasteiger partial charge in [0.15, 0.2) is 0 Å². The summed E-state index contributed by atoms with van der Waals surface area (Å²) >= 11 is 0. The summed E-state index contributed by atoms with van der Waals surface area (Å²) in [5.41, 5.74) is 2.04. The summed E-state index contributed by atoms with van der Waals surface area (Å²) in [5.74, 6) is 0.247. The maximum atomic E-state index is 12.1. The van der Waals surface area contributed by atoms with Crippen molar-refractivity contribution in [3.8, 4) is 0 Å². The summed E-state index contributed by atoms with van der Waals surface area (Å²) in [6.07, 6.45) is 3.85. The lowest BCUT2D eigenvalue weighted by Gasteiger charge is -2.22. The number of para-hydroxylation sites is 1. The van der Waals surface area contributed by atoms with Crippen molar-refractivity contribution in [3.05, 3.63) is 42.1 Å². The van der Waals surface area contributed by atoms with Crippen LogP contribution in [0.3, 0.4) is 0 Å². The fourth-order valence-electron chi connectivity index (χ4n) is 2.71. The average Bonchev–Trinajstić information content (AvgIpc) is 2.53. The van der Waals surface area contributed by atoms with Crippen LogP contribution < -0.4 is 10.6 Å². The fraction of sp³-hybridized carbons (Fsp3) is 0.375. The standard InChI is InChI=1S/C16H19N3O/c20-16(14-7-2-8-17-10-14)19-11-13-5-1-4-12-6-3-9-18-15(12)13/h1,3-6,9,14,17H,2,7-8,10-11H2,(H,19,20). The molecule has 1 aromatic carbocycles. The topological polar surface area (TPSA) is 54.0 Å². The van der Waals surface area contributed by atoms with Crippen LogP contribution in [0.15, 0.2) is 36.5 Å². The van der Waals surface area contributed by atoms with Gasteiger partial charge in [-0.2, -0.15) is 0 Å². The van der Waals surface area contributed by atoms with E-state index in [9.17, 15) is 4.79 Å². The molecule has 104 valence electrons. The third-order valence-electron chi connectivity index (χ3n) is 3.84. The predicted molar refractivity (Wildman–Crippen MR) is 79.2 cm³/mol. The van der Waals surface area contributed by atoms with Gasteiger partial charge < -0.3 is 10.6 Å². The first kappa shape index (κ1) is 13.1. The number of carbonyl (C=O) groups is 1. The van der Waals surface area contributed by atoms with Crippen molar-refractivity contribution in [1.82, 2.24) is 15.6 Å². The Bertz CT molecular complexity index is 600. The molecular formula is C16H19N3O. The maximum absolute atomic E-state index is 12.1. The van der Waals surface area contributed by atoms with Crippen LogP contribution in [-0.2, 0) is 11.3 Å². The Morgan fingerprint density at radius 3 is 3.10 bits per heavy atom. The van der Waals surface area contributed by atoms with Crippen molar-refractivity contribution in [1.29, 1.82) is 0 Å². The summed E-state index contributed by atoms with van der Waals surface area (Å²) in [7, 11) is 0. The summed E-state index contributed by atoms with van der Waals surface area (Å²) in [5, 5.41) is 7.42. The van der Waals surface area contributed by atoms with E-state index in [2.05, 4.69) is 15.6 Å². The van der Waals surface area contributed by atoms with Crippen LogP contribution in [-0.4, -0.2) is 24.0 Å². The molecule has 2 aromatic rings. The zero-order valence-electron chi connectivity index (χ0n) is 11.4. The lowest BCUT2D eigenvalue weighted by atomic mass is 9.98. The summed E-state index contributed by atoms with van der Waals surface area (Å²) < 4.78 is 0. The third kappa shape index (κ3) is 2.80. The Balaban J connectivity index is 1.69. The highest BCUT2D eigenvalue weighted by atomic mass is 16.1. The Hall–Kier alpha value is -1.94. The molecule has 0 aliphatic carbocycles. The van der Waals surface area contributed by atoms with Crippen LogP contribution >= 0.6 is 0 Å². The van der Waals surface area contributed by atoms with Crippen LogP contribution in [0.25, 0.3) is 10.9 Å². The second-order valence-corrected chi connectivity index (χ2v) is 5.25. The molecule has 1 saturated heterocycles. The first-order valence-corrected chi connectivity index (χ1v) is 7.15. The van der Waals surface area contributed by atoms with Crippen LogP contribution in [0.1, 0.15) is 18.4 Å². The molecule has 1 aromatic heterocycles. The molecule has 1 unspecified atom stereocenters. The number of benzene rings is 1. The Labute approximate surface area is 118 Å². The third-order valence-corrected chi connectivity index (χ3v) is 3.84. The van der Waals surface area contributed by atoms with Crippen molar-refractivity contribution >= 4 is 16.8 Å². The van der Waals surface area contributed by atoms with E-state index in [0.29, 0.717) is 6.54 Å². The second kappa shape index (κ2) is 6.01. The van der Waals surface area contributed by atoms with Gasteiger partial charge in [-0.25, -0.2) is 0 Å². The zero-order valence-corrected chi connectivity index (χ0v) is 11.4. The van der Waals surface area contributed by atoms with Crippen molar-refractivity contribution in [3.63, 3.8) is 0 Å². The monoisotopic (exact) mass is 269 g/mol. The molecule has 20 heavy (non-hydrogen) atoms. The molecule has 3 rings (SSSR count). The van der Waals surface area contributed by atoms with Gasteiger partial charge in [0.05, 0.1) is 11.4 Å². The van der Waals surface area contributed by atoms with Gasteiger partial charge in [-0.1, -0.05) is 24.3 Å². The van der Waals surface area contributed by atoms with Crippen LogP contribution in [0.2, 0.25) is 0 Å². The molecule has 0 saturated carbocycles. The van der Waals surface area contributed by atoms with E-state index in [4.69, 9.17) is 0 Å². The number of hydrogen-bond acceptors (Lipinski definition) is 3. The van der Waals surface area contributed by atoms with E-state index in [1.54, 1.807) is 6.20 Å². The number of amides is 1. The Morgan fingerprint density at radius 2 is 2.25 bits per heavy atom.